The molecule has 0 radical (unpaired) electrons. The summed E-state index contributed by atoms with van der Waals surface area (Å²) in [6, 6.07) is 103. The molecule has 0 aliphatic heterocycles. The van der Waals surface area contributed by atoms with Crippen molar-refractivity contribution < 1.29 is 4.42 Å². The maximum absolute atomic E-state index is 6.61. The summed E-state index contributed by atoms with van der Waals surface area (Å²) in [6.07, 6.45) is 0. The number of furan rings is 1. The van der Waals surface area contributed by atoms with Crippen LogP contribution in [0.4, 0.5) is 34.1 Å². The van der Waals surface area contributed by atoms with Gasteiger partial charge in [-0.15, -0.1) is 0 Å². The van der Waals surface area contributed by atoms with E-state index in [9.17, 15) is 0 Å². The van der Waals surface area contributed by atoms with E-state index in [4.69, 9.17) is 4.42 Å². The molecule has 2 aromatic heterocycles. The zero-order chi connectivity index (χ0) is 50.1. The molecule has 0 fully saturated rings. The Labute approximate surface area is 439 Å². The van der Waals surface area contributed by atoms with E-state index in [2.05, 4.69) is 287 Å². The van der Waals surface area contributed by atoms with Crippen LogP contribution in [0.25, 0.3) is 104 Å². The summed E-state index contributed by atoms with van der Waals surface area (Å²) in [5.41, 5.74) is 16.2. The molecule has 0 spiro atoms. The van der Waals surface area contributed by atoms with Gasteiger partial charge in [-0.2, -0.15) is 0 Å². The van der Waals surface area contributed by atoms with Crippen molar-refractivity contribution in [3.05, 3.63) is 285 Å². The molecule has 0 saturated heterocycles. The van der Waals surface area contributed by atoms with Crippen LogP contribution in [0.5, 0.6) is 0 Å². The van der Waals surface area contributed by atoms with Crippen LogP contribution in [0.15, 0.2) is 290 Å². The molecular weight excluding hydrogens is 923 g/mol. The van der Waals surface area contributed by atoms with Crippen LogP contribution >= 0.6 is 0 Å². The van der Waals surface area contributed by atoms with Crippen molar-refractivity contribution in [3.8, 4) is 27.9 Å². The van der Waals surface area contributed by atoms with E-state index in [0.717, 1.165) is 95.0 Å². The third-order valence-electron chi connectivity index (χ3n) is 15.3. The van der Waals surface area contributed by atoms with Crippen LogP contribution in [-0.2, 0) is 0 Å². The second kappa shape index (κ2) is 17.8. The molecule has 2 heterocycles. The zero-order valence-electron chi connectivity index (χ0n) is 41.4. The molecule has 13 aromatic carbocycles. The van der Waals surface area contributed by atoms with Gasteiger partial charge >= 0.3 is 0 Å². The number of benzene rings is 13. The Bertz CT molecular complexity index is 4600. The van der Waals surface area contributed by atoms with Crippen molar-refractivity contribution in [2.45, 2.75) is 0 Å². The predicted molar refractivity (Wildman–Crippen MR) is 321 cm³/mol. The molecule has 76 heavy (non-hydrogen) atoms. The summed E-state index contributed by atoms with van der Waals surface area (Å²) < 4.78 is 9.07. The van der Waals surface area contributed by atoms with Crippen LogP contribution in [0, 0.1) is 0 Å². The normalized spacial score (nSPS) is 11.7. The van der Waals surface area contributed by atoms with Crippen molar-refractivity contribution in [1.29, 1.82) is 0 Å². The molecule has 0 saturated carbocycles. The minimum absolute atomic E-state index is 0.864. The average Bonchev–Trinajstić information content (AvgIpc) is 4.10. The van der Waals surface area contributed by atoms with Gasteiger partial charge in [0.25, 0.3) is 0 Å². The molecule has 356 valence electrons. The van der Waals surface area contributed by atoms with Gasteiger partial charge in [0, 0.05) is 55.7 Å². The topological polar surface area (TPSA) is 24.6 Å². The first-order valence-corrected chi connectivity index (χ1v) is 26.0. The highest BCUT2D eigenvalue weighted by atomic mass is 16.3. The second-order valence-electron chi connectivity index (χ2n) is 19.6. The van der Waals surface area contributed by atoms with Crippen molar-refractivity contribution in [3.63, 3.8) is 0 Å². The lowest BCUT2D eigenvalue weighted by Crippen LogP contribution is -2.10. The highest BCUT2D eigenvalue weighted by molar-refractivity contribution is 6.26. The van der Waals surface area contributed by atoms with Crippen LogP contribution < -0.4 is 9.80 Å². The Morgan fingerprint density at radius 1 is 0.250 bits per heavy atom. The summed E-state index contributed by atoms with van der Waals surface area (Å²) >= 11 is 0. The molecule has 15 rings (SSSR count). The maximum Gasteiger partial charge on any atom is 0.159 e. The van der Waals surface area contributed by atoms with Gasteiger partial charge in [0.05, 0.1) is 16.7 Å². The average molecular weight is 970 g/mol. The third kappa shape index (κ3) is 7.14. The molecule has 0 bridgehead atoms. The third-order valence-corrected chi connectivity index (χ3v) is 15.3. The number of nitrogens with zero attached hydrogens (tertiary/aromatic N) is 3. The summed E-state index contributed by atoms with van der Waals surface area (Å²) in [5, 5.41) is 12.2. The molecule has 15 aromatic rings. The number of aromatic nitrogens is 1. The highest BCUT2D eigenvalue weighted by Gasteiger charge is 2.21. The molecule has 4 nitrogen and oxygen atoms in total. The van der Waals surface area contributed by atoms with Gasteiger partial charge < -0.3 is 18.8 Å². The van der Waals surface area contributed by atoms with Crippen LogP contribution in [0.2, 0.25) is 0 Å². The number of fused-ring (bicyclic) bond motifs is 12. The van der Waals surface area contributed by atoms with E-state index >= 15 is 0 Å². The summed E-state index contributed by atoms with van der Waals surface area (Å²) in [5.74, 6) is 0. The van der Waals surface area contributed by atoms with E-state index in [0.29, 0.717) is 0 Å². The minimum Gasteiger partial charge on any atom is -0.454 e. The van der Waals surface area contributed by atoms with E-state index in [1.807, 2.05) is 12.1 Å². The fourth-order valence-electron chi connectivity index (χ4n) is 11.8. The summed E-state index contributed by atoms with van der Waals surface area (Å²) in [6.45, 7) is 0. The first-order valence-electron chi connectivity index (χ1n) is 26.0. The number of anilines is 6. The number of hydrogen-bond acceptors (Lipinski definition) is 3. The van der Waals surface area contributed by atoms with Crippen molar-refractivity contribution in [1.82, 2.24) is 4.57 Å². The maximum atomic E-state index is 6.61. The quantitative estimate of drug-likeness (QED) is 0.135. The first kappa shape index (κ1) is 43.4. The Balaban J connectivity index is 0.876. The van der Waals surface area contributed by atoms with E-state index in [1.54, 1.807) is 0 Å². The fourth-order valence-corrected chi connectivity index (χ4v) is 11.8. The Morgan fingerprint density at radius 2 is 0.658 bits per heavy atom. The number of hydrogen-bond donors (Lipinski definition) is 0. The van der Waals surface area contributed by atoms with Crippen LogP contribution in [0.3, 0.4) is 0 Å². The zero-order valence-corrected chi connectivity index (χ0v) is 41.4. The molecule has 0 aliphatic rings. The first-order chi connectivity index (χ1) is 37.7. The Kier molecular flexibility index (Phi) is 10.2. The standard InChI is InChI=1S/C72H47N3O/c1-4-17-52(18-5-1)73(53-19-6-2-7-20-53)55-37-31-48(32-38-55)50-35-43-68-66(45-50)67-46-51(36-44-69(67)75(68)57-41-42-62-60-25-11-10-23-58(60)59-24-12-13-26-61(59)65(62)47-57)49-33-39-56(40-34-49)74(54-21-8-3-9-22-54)70-29-16-28-64-63-27-14-15-30-71(63)76-72(64)70/h1-47H. The molecule has 0 amide bonds. The molecule has 0 unspecified atom stereocenters. The Hall–Kier alpha value is -10.2. The van der Waals surface area contributed by atoms with E-state index in [-0.39, 0.29) is 0 Å². The molecule has 0 aliphatic carbocycles. The van der Waals surface area contributed by atoms with Gasteiger partial charge in [-0.05, 0) is 164 Å². The number of rotatable bonds is 9. The van der Waals surface area contributed by atoms with Crippen molar-refractivity contribution >= 4 is 110 Å². The van der Waals surface area contributed by atoms with E-state index < -0.39 is 0 Å². The van der Waals surface area contributed by atoms with Gasteiger partial charge in [-0.3, -0.25) is 0 Å². The van der Waals surface area contributed by atoms with Crippen molar-refractivity contribution in [2.75, 3.05) is 9.80 Å². The molecule has 0 N–H and O–H groups in total. The lowest BCUT2D eigenvalue weighted by atomic mass is 9.94. The van der Waals surface area contributed by atoms with Gasteiger partial charge in [0.15, 0.2) is 5.58 Å². The molecular formula is C72H47N3O. The summed E-state index contributed by atoms with van der Waals surface area (Å²) in [4.78, 5) is 4.61. The summed E-state index contributed by atoms with van der Waals surface area (Å²) in [7, 11) is 0. The lowest BCUT2D eigenvalue weighted by molar-refractivity contribution is 0.669. The van der Waals surface area contributed by atoms with Gasteiger partial charge in [0.1, 0.15) is 5.58 Å². The fraction of sp³-hybridized carbons (Fsp3) is 0. The second-order valence-corrected chi connectivity index (χ2v) is 19.6. The SMILES string of the molecule is c1ccc(N(c2ccccc2)c2ccc(-c3ccc4c(c3)c3cc(-c5ccc(N(c6ccccc6)c6cccc7c6oc6ccccc67)cc5)ccc3n4-c3ccc4c5ccccc5c5ccccc5c4c3)cc2)cc1. The monoisotopic (exact) mass is 969 g/mol. The predicted octanol–water partition coefficient (Wildman–Crippen LogP) is 20.4. The van der Waals surface area contributed by atoms with Crippen molar-refractivity contribution in [2.24, 2.45) is 0 Å². The van der Waals surface area contributed by atoms with Gasteiger partial charge in [0.2, 0.25) is 0 Å². The largest absolute Gasteiger partial charge is 0.454 e. The van der Waals surface area contributed by atoms with E-state index in [1.165, 1.54) is 43.1 Å². The molecule has 4 heteroatoms. The van der Waals surface area contributed by atoms with Crippen LogP contribution in [0.1, 0.15) is 0 Å². The minimum atomic E-state index is 0.864. The Morgan fingerprint density at radius 3 is 1.20 bits per heavy atom. The highest BCUT2D eigenvalue weighted by Crippen LogP contribution is 2.45. The van der Waals surface area contributed by atoms with Gasteiger partial charge in [-0.1, -0.05) is 176 Å². The lowest BCUT2D eigenvalue weighted by Gasteiger charge is -2.25. The number of para-hydroxylation sites is 5. The molecule has 0 atom stereocenters. The smallest absolute Gasteiger partial charge is 0.159 e. The van der Waals surface area contributed by atoms with Crippen LogP contribution in [-0.4, -0.2) is 4.57 Å². The van der Waals surface area contributed by atoms with Gasteiger partial charge in [-0.25, -0.2) is 0 Å².